The summed E-state index contributed by atoms with van der Waals surface area (Å²) in [5.74, 6) is 0.895. The van der Waals surface area contributed by atoms with Crippen molar-refractivity contribution in [1.82, 2.24) is 5.32 Å². The number of methoxy groups -OCH3 is 1. The zero-order chi connectivity index (χ0) is 13.2. The lowest BCUT2D eigenvalue weighted by atomic mass is 10.0. The van der Waals surface area contributed by atoms with Crippen LogP contribution in [0.15, 0.2) is 24.3 Å². The monoisotopic (exact) mass is 248 g/mol. The molecule has 3 N–H and O–H groups in total. The molecule has 1 amide bonds. The van der Waals surface area contributed by atoms with Gasteiger partial charge in [-0.25, -0.2) is 0 Å². The number of hydrogen-bond donors (Lipinski definition) is 2. The van der Waals surface area contributed by atoms with Crippen LogP contribution in [0.25, 0.3) is 0 Å². The fourth-order valence-electron chi connectivity index (χ4n) is 2.00. The summed E-state index contributed by atoms with van der Waals surface area (Å²) in [7, 11) is 1.64. The van der Waals surface area contributed by atoms with Crippen LogP contribution in [0, 0.1) is 5.41 Å². The van der Waals surface area contributed by atoms with Gasteiger partial charge in [0.05, 0.1) is 18.6 Å². The molecular weight excluding hydrogens is 228 g/mol. The molecule has 0 spiro atoms. The molecule has 4 nitrogen and oxygen atoms in total. The van der Waals surface area contributed by atoms with Gasteiger partial charge in [0.1, 0.15) is 5.75 Å². The Labute approximate surface area is 108 Å². The second kappa shape index (κ2) is 4.98. The SMILES string of the molecule is COc1ccc(C(C)NC(=O)C2(CN)CC2)cc1. The smallest absolute Gasteiger partial charge is 0.227 e. The molecule has 4 heteroatoms. The molecule has 1 atom stereocenters. The minimum absolute atomic E-state index is 0.00701. The molecule has 0 aliphatic heterocycles. The van der Waals surface area contributed by atoms with Crippen molar-refractivity contribution in [3.8, 4) is 5.75 Å². The first kappa shape index (κ1) is 12.9. The highest BCUT2D eigenvalue weighted by atomic mass is 16.5. The predicted octanol–water partition coefficient (Wildman–Crippen LogP) is 1.61. The van der Waals surface area contributed by atoms with E-state index in [1.807, 2.05) is 31.2 Å². The van der Waals surface area contributed by atoms with E-state index in [4.69, 9.17) is 10.5 Å². The summed E-state index contributed by atoms with van der Waals surface area (Å²) in [5.41, 5.74) is 6.42. The Kier molecular flexibility index (Phi) is 3.57. The van der Waals surface area contributed by atoms with Gasteiger partial charge in [-0.2, -0.15) is 0 Å². The number of carbonyl (C=O) groups excluding carboxylic acids is 1. The van der Waals surface area contributed by atoms with Gasteiger partial charge in [-0.1, -0.05) is 12.1 Å². The lowest BCUT2D eigenvalue weighted by Gasteiger charge is -2.19. The second-order valence-electron chi connectivity index (χ2n) is 4.95. The fraction of sp³-hybridized carbons (Fsp3) is 0.500. The first-order chi connectivity index (χ1) is 8.61. The number of benzene rings is 1. The molecule has 0 radical (unpaired) electrons. The molecular formula is C14H20N2O2. The van der Waals surface area contributed by atoms with Crippen molar-refractivity contribution in [1.29, 1.82) is 0 Å². The number of rotatable bonds is 5. The van der Waals surface area contributed by atoms with Crippen LogP contribution in [0.3, 0.4) is 0 Å². The summed E-state index contributed by atoms with van der Waals surface area (Å²) < 4.78 is 5.11. The van der Waals surface area contributed by atoms with E-state index < -0.39 is 0 Å². The maximum absolute atomic E-state index is 12.0. The van der Waals surface area contributed by atoms with Gasteiger partial charge in [-0.05, 0) is 37.5 Å². The molecule has 1 fully saturated rings. The van der Waals surface area contributed by atoms with Crippen LogP contribution in [0.2, 0.25) is 0 Å². The Morgan fingerprint density at radius 2 is 2.06 bits per heavy atom. The third-order valence-corrected chi connectivity index (χ3v) is 3.69. The van der Waals surface area contributed by atoms with Crippen molar-refractivity contribution in [2.75, 3.05) is 13.7 Å². The van der Waals surface area contributed by atoms with Crippen molar-refractivity contribution >= 4 is 5.91 Å². The molecule has 1 aromatic carbocycles. The van der Waals surface area contributed by atoms with E-state index in [2.05, 4.69) is 5.32 Å². The van der Waals surface area contributed by atoms with E-state index in [0.717, 1.165) is 24.2 Å². The zero-order valence-corrected chi connectivity index (χ0v) is 10.9. The minimum Gasteiger partial charge on any atom is -0.497 e. The zero-order valence-electron chi connectivity index (χ0n) is 10.9. The highest BCUT2D eigenvalue weighted by Gasteiger charge is 2.48. The quantitative estimate of drug-likeness (QED) is 0.832. The van der Waals surface area contributed by atoms with Gasteiger partial charge in [-0.15, -0.1) is 0 Å². The number of hydrogen-bond acceptors (Lipinski definition) is 3. The van der Waals surface area contributed by atoms with Crippen LogP contribution < -0.4 is 15.8 Å². The van der Waals surface area contributed by atoms with E-state index in [1.165, 1.54) is 0 Å². The maximum Gasteiger partial charge on any atom is 0.227 e. The molecule has 1 aromatic rings. The van der Waals surface area contributed by atoms with Gasteiger partial charge in [0, 0.05) is 6.54 Å². The molecule has 18 heavy (non-hydrogen) atoms. The first-order valence-electron chi connectivity index (χ1n) is 6.26. The van der Waals surface area contributed by atoms with Crippen LogP contribution >= 0.6 is 0 Å². The van der Waals surface area contributed by atoms with Crippen molar-refractivity contribution in [3.63, 3.8) is 0 Å². The van der Waals surface area contributed by atoms with Gasteiger partial charge < -0.3 is 15.8 Å². The molecule has 0 bridgehead atoms. The maximum atomic E-state index is 12.0. The fourth-order valence-corrected chi connectivity index (χ4v) is 2.00. The van der Waals surface area contributed by atoms with Crippen molar-refractivity contribution in [3.05, 3.63) is 29.8 Å². The van der Waals surface area contributed by atoms with E-state index in [-0.39, 0.29) is 17.4 Å². The molecule has 1 aliphatic rings. The average Bonchev–Trinajstić information content (AvgIpc) is 3.19. The highest BCUT2D eigenvalue weighted by Crippen LogP contribution is 2.45. The van der Waals surface area contributed by atoms with Crippen molar-refractivity contribution < 1.29 is 9.53 Å². The summed E-state index contributed by atoms with van der Waals surface area (Å²) in [6.45, 7) is 2.42. The molecule has 1 unspecified atom stereocenters. The normalized spacial score (nSPS) is 17.9. The minimum atomic E-state index is -0.291. The van der Waals surface area contributed by atoms with Gasteiger partial charge in [0.25, 0.3) is 0 Å². The Morgan fingerprint density at radius 3 is 2.50 bits per heavy atom. The Balaban J connectivity index is 1.98. The van der Waals surface area contributed by atoms with Gasteiger partial charge in [-0.3, -0.25) is 4.79 Å². The van der Waals surface area contributed by atoms with Crippen LogP contribution in [-0.4, -0.2) is 19.6 Å². The lowest BCUT2D eigenvalue weighted by molar-refractivity contribution is -0.126. The Bertz CT molecular complexity index is 424. The molecule has 0 heterocycles. The second-order valence-corrected chi connectivity index (χ2v) is 4.95. The van der Waals surface area contributed by atoms with Crippen molar-refractivity contribution in [2.45, 2.75) is 25.8 Å². The van der Waals surface area contributed by atoms with Crippen LogP contribution in [0.1, 0.15) is 31.4 Å². The van der Waals surface area contributed by atoms with E-state index >= 15 is 0 Å². The first-order valence-corrected chi connectivity index (χ1v) is 6.26. The molecule has 98 valence electrons. The standard InChI is InChI=1S/C14H20N2O2/c1-10(11-3-5-12(18-2)6-4-11)16-13(17)14(9-15)7-8-14/h3-6,10H,7-9,15H2,1-2H3,(H,16,17). The van der Waals surface area contributed by atoms with Crippen LogP contribution in [0.4, 0.5) is 0 Å². The largest absolute Gasteiger partial charge is 0.497 e. The lowest BCUT2D eigenvalue weighted by Crippen LogP contribution is -2.37. The number of carbonyl (C=O) groups is 1. The molecule has 0 saturated heterocycles. The third kappa shape index (κ3) is 2.48. The number of ether oxygens (including phenoxy) is 1. The van der Waals surface area contributed by atoms with Gasteiger partial charge in [0.2, 0.25) is 5.91 Å². The van der Waals surface area contributed by atoms with E-state index in [9.17, 15) is 4.79 Å². The predicted molar refractivity (Wildman–Crippen MR) is 70.3 cm³/mol. The van der Waals surface area contributed by atoms with Gasteiger partial charge in [0.15, 0.2) is 0 Å². The van der Waals surface area contributed by atoms with Gasteiger partial charge >= 0.3 is 0 Å². The topological polar surface area (TPSA) is 64.3 Å². The molecule has 0 aromatic heterocycles. The Morgan fingerprint density at radius 1 is 1.44 bits per heavy atom. The van der Waals surface area contributed by atoms with Crippen molar-refractivity contribution in [2.24, 2.45) is 11.1 Å². The summed E-state index contributed by atoms with van der Waals surface area (Å²) in [6, 6.07) is 7.71. The Hall–Kier alpha value is -1.55. The van der Waals surface area contributed by atoms with Crippen LogP contribution in [0.5, 0.6) is 5.75 Å². The molecule has 1 aliphatic carbocycles. The highest BCUT2D eigenvalue weighted by molar-refractivity contribution is 5.85. The summed E-state index contributed by atoms with van der Waals surface area (Å²) in [6.07, 6.45) is 1.81. The summed E-state index contributed by atoms with van der Waals surface area (Å²) in [5, 5.41) is 3.03. The molecule has 2 rings (SSSR count). The third-order valence-electron chi connectivity index (χ3n) is 3.69. The number of amides is 1. The summed E-state index contributed by atoms with van der Waals surface area (Å²) >= 11 is 0. The van der Waals surface area contributed by atoms with E-state index in [0.29, 0.717) is 6.54 Å². The average molecular weight is 248 g/mol. The number of nitrogens with one attached hydrogen (secondary N) is 1. The van der Waals surface area contributed by atoms with E-state index in [1.54, 1.807) is 7.11 Å². The number of nitrogens with two attached hydrogens (primary N) is 1. The van der Waals surface area contributed by atoms with Crippen LogP contribution in [-0.2, 0) is 4.79 Å². The molecule has 1 saturated carbocycles. The summed E-state index contributed by atoms with van der Waals surface area (Å²) in [4.78, 5) is 12.0.